The van der Waals surface area contributed by atoms with Gasteiger partial charge in [0.2, 0.25) is 5.91 Å². The molecule has 0 aliphatic heterocycles. The van der Waals surface area contributed by atoms with Crippen LogP contribution in [-0.2, 0) is 24.2 Å². The van der Waals surface area contributed by atoms with Crippen molar-refractivity contribution in [3.8, 4) is 0 Å². The highest BCUT2D eigenvalue weighted by atomic mass is 16.6. The third kappa shape index (κ3) is 3.34. The Morgan fingerprint density at radius 3 is 2.58 bits per heavy atom. The zero-order valence-corrected chi connectivity index (χ0v) is 16.6. The fraction of sp³-hybridized carbons (Fsp3) is 0.167. The summed E-state index contributed by atoms with van der Waals surface area (Å²) in [5.41, 5.74) is 3.99. The monoisotopic (exact) mass is 413 g/mol. The molecular formula is C24H19N3O4. The van der Waals surface area contributed by atoms with Crippen LogP contribution < -0.4 is 10.7 Å². The van der Waals surface area contributed by atoms with Crippen molar-refractivity contribution in [2.24, 2.45) is 0 Å². The van der Waals surface area contributed by atoms with Crippen molar-refractivity contribution in [1.29, 1.82) is 0 Å². The van der Waals surface area contributed by atoms with E-state index >= 15 is 0 Å². The molecule has 1 amide bonds. The zero-order chi connectivity index (χ0) is 21.5. The smallest absolute Gasteiger partial charge is 0.270 e. The SMILES string of the molecule is O=C(Cn1c2ccccc2c(=O)c2cc([N+](=O)[O-])ccc21)Nc1ccc2c(c1)CCC2. The normalized spacial score (nSPS) is 12.8. The van der Waals surface area contributed by atoms with E-state index in [1.54, 1.807) is 28.8 Å². The molecule has 154 valence electrons. The van der Waals surface area contributed by atoms with E-state index in [1.807, 2.05) is 12.1 Å². The minimum absolute atomic E-state index is 0.0216. The fourth-order valence-corrected chi connectivity index (χ4v) is 4.39. The Labute approximate surface area is 177 Å². The van der Waals surface area contributed by atoms with Gasteiger partial charge in [-0.2, -0.15) is 0 Å². The van der Waals surface area contributed by atoms with E-state index in [9.17, 15) is 19.7 Å². The Morgan fingerprint density at radius 1 is 0.968 bits per heavy atom. The van der Waals surface area contributed by atoms with E-state index in [0.717, 1.165) is 24.9 Å². The molecule has 3 aromatic carbocycles. The van der Waals surface area contributed by atoms with Crippen LogP contribution in [0.4, 0.5) is 11.4 Å². The number of nitro benzene ring substituents is 1. The Kier molecular flexibility index (Phi) is 4.51. The summed E-state index contributed by atoms with van der Waals surface area (Å²) in [6, 6.07) is 17.1. The molecule has 0 spiro atoms. The van der Waals surface area contributed by atoms with Gasteiger partial charge in [-0.3, -0.25) is 19.7 Å². The number of carbonyl (C=O) groups excluding carboxylic acids is 1. The Balaban J connectivity index is 1.57. The van der Waals surface area contributed by atoms with Crippen molar-refractivity contribution in [3.05, 3.63) is 92.1 Å². The predicted octanol–water partition coefficient (Wildman–Crippen LogP) is 4.19. The molecule has 1 aromatic heterocycles. The van der Waals surface area contributed by atoms with Crippen LogP contribution in [-0.4, -0.2) is 15.4 Å². The number of rotatable bonds is 4. The number of fused-ring (bicyclic) bond motifs is 3. The van der Waals surface area contributed by atoms with Crippen LogP contribution in [0.15, 0.2) is 65.5 Å². The molecule has 1 aliphatic rings. The zero-order valence-electron chi connectivity index (χ0n) is 16.6. The van der Waals surface area contributed by atoms with Crippen LogP contribution in [0.2, 0.25) is 0 Å². The second-order valence-corrected chi connectivity index (χ2v) is 7.78. The summed E-state index contributed by atoms with van der Waals surface area (Å²) in [5.74, 6) is -0.230. The summed E-state index contributed by atoms with van der Waals surface area (Å²) in [5, 5.41) is 14.8. The number of para-hydroxylation sites is 1. The van der Waals surface area contributed by atoms with Crippen molar-refractivity contribution in [2.45, 2.75) is 25.8 Å². The number of amides is 1. The number of pyridine rings is 1. The van der Waals surface area contributed by atoms with Gasteiger partial charge in [0.05, 0.1) is 21.3 Å². The van der Waals surface area contributed by atoms with Crippen LogP contribution in [0.1, 0.15) is 17.5 Å². The summed E-state index contributed by atoms with van der Waals surface area (Å²) in [7, 11) is 0. The van der Waals surface area contributed by atoms with E-state index in [0.29, 0.717) is 16.4 Å². The minimum Gasteiger partial charge on any atom is -0.331 e. The third-order valence-corrected chi connectivity index (χ3v) is 5.85. The molecule has 1 heterocycles. The van der Waals surface area contributed by atoms with Crippen molar-refractivity contribution in [1.82, 2.24) is 4.57 Å². The number of benzene rings is 3. The molecule has 7 heteroatoms. The van der Waals surface area contributed by atoms with Gasteiger partial charge in [-0.1, -0.05) is 18.2 Å². The van der Waals surface area contributed by atoms with Gasteiger partial charge in [0, 0.05) is 23.2 Å². The lowest BCUT2D eigenvalue weighted by atomic mass is 10.1. The summed E-state index contributed by atoms with van der Waals surface area (Å²) in [6.07, 6.45) is 3.23. The lowest BCUT2D eigenvalue weighted by Gasteiger charge is -2.15. The fourth-order valence-electron chi connectivity index (χ4n) is 4.39. The van der Waals surface area contributed by atoms with Crippen LogP contribution in [0, 0.1) is 10.1 Å². The predicted molar refractivity (Wildman–Crippen MR) is 119 cm³/mol. The number of non-ortho nitro benzene ring substituents is 1. The largest absolute Gasteiger partial charge is 0.331 e. The van der Waals surface area contributed by atoms with E-state index < -0.39 is 4.92 Å². The van der Waals surface area contributed by atoms with Crippen LogP contribution >= 0.6 is 0 Å². The molecule has 0 atom stereocenters. The van der Waals surface area contributed by atoms with Gasteiger partial charge in [0.15, 0.2) is 5.43 Å². The number of hydrogen-bond acceptors (Lipinski definition) is 4. The maximum atomic E-state index is 13.0. The first-order valence-corrected chi connectivity index (χ1v) is 10.1. The number of nitro groups is 1. The molecule has 4 aromatic rings. The maximum Gasteiger partial charge on any atom is 0.270 e. The van der Waals surface area contributed by atoms with Gasteiger partial charge < -0.3 is 9.88 Å². The first-order valence-electron chi connectivity index (χ1n) is 10.1. The molecule has 0 saturated heterocycles. The Bertz CT molecular complexity index is 1440. The highest BCUT2D eigenvalue weighted by Crippen LogP contribution is 2.26. The molecule has 1 aliphatic carbocycles. The first-order chi connectivity index (χ1) is 15.0. The molecule has 0 radical (unpaired) electrons. The number of aromatic nitrogens is 1. The Morgan fingerprint density at radius 2 is 1.74 bits per heavy atom. The second kappa shape index (κ2) is 7.36. The highest BCUT2D eigenvalue weighted by molar-refractivity contribution is 5.97. The number of aryl methyl sites for hydroxylation is 2. The molecule has 31 heavy (non-hydrogen) atoms. The van der Waals surface area contributed by atoms with E-state index in [1.165, 1.54) is 29.3 Å². The molecule has 0 bridgehead atoms. The molecule has 5 rings (SSSR count). The van der Waals surface area contributed by atoms with Gasteiger partial charge in [-0.25, -0.2) is 0 Å². The lowest BCUT2D eigenvalue weighted by molar-refractivity contribution is -0.384. The van der Waals surface area contributed by atoms with E-state index in [4.69, 9.17) is 0 Å². The standard InChI is InChI=1S/C24H19N3O4/c28-23(25-17-9-8-15-4-3-5-16(15)12-17)14-26-21-7-2-1-6-19(21)24(29)20-13-18(27(30)31)10-11-22(20)26/h1-2,6-13H,3-5,14H2,(H,25,28). The minimum atomic E-state index is -0.529. The number of nitrogens with zero attached hydrogens (tertiary/aromatic N) is 2. The van der Waals surface area contributed by atoms with Gasteiger partial charge >= 0.3 is 0 Å². The van der Waals surface area contributed by atoms with E-state index in [-0.39, 0.29) is 29.0 Å². The molecule has 7 nitrogen and oxygen atoms in total. The summed E-state index contributed by atoms with van der Waals surface area (Å²) < 4.78 is 1.73. The summed E-state index contributed by atoms with van der Waals surface area (Å²) >= 11 is 0. The van der Waals surface area contributed by atoms with Gasteiger partial charge in [0.25, 0.3) is 5.69 Å². The molecule has 0 saturated carbocycles. The van der Waals surface area contributed by atoms with Gasteiger partial charge in [-0.05, 0) is 60.7 Å². The van der Waals surface area contributed by atoms with Crippen molar-refractivity contribution < 1.29 is 9.72 Å². The highest BCUT2D eigenvalue weighted by Gasteiger charge is 2.17. The van der Waals surface area contributed by atoms with Gasteiger partial charge in [-0.15, -0.1) is 0 Å². The number of carbonyl (C=O) groups is 1. The number of nitrogens with one attached hydrogen (secondary N) is 1. The van der Waals surface area contributed by atoms with E-state index in [2.05, 4.69) is 11.4 Å². The summed E-state index contributed by atoms with van der Waals surface area (Å²) in [6.45, 7) is -0.0216. The third-order valence-electron chi connectivity index (χ3n) is 5.85. The van der Waals surface area contributed by atoms with Crippen LogP contribution in [0.3, 0.4) is 0 Å². The lowest BCUT2D eigenvalue weighted by Crippen LogP contribution is -2.21. The second-order valence-electron chi connectivity index (χ2n) is 7.78. The van der Waals surface area contributed by atoms with Crippen molar-refractivity contribution >= 4 is 39.1 Å². The molecule has 0 unspecified atom stereocenters. The number of hydrogen-bond donors (Lipinski definition) is 1. The van der Waals surface area contributed by atoms with Crippen molar-refractivity contribution in [3.63, 3.8) is 0 Å². The van der Waals surface area contributed by atoms with Gasteiger partial charge in [0.1, 0.15) is 6.54 Å². The Hall–Kier alpha value is -4.00. The molecule has 0 fully saturated rings. The molecular weight excluding hydrogens is 394 g/mol. The maximum absolute atomic E-state index is 13.0. The quantitative estimate of drug-likeness (QED) is 0.308. The number of anilines is 1. The average molecular weight is 413 g/mol. The first kappa shape index (κ1) is 19.0. The van der Waals surface area contributed by atoms with Crippen LogP contribution in [0.25, 0.3) is 21.8 Å². The topological polar surface area (TPSA) is 94.2 Å². The average Bonchev–Trinajstić information content (AvgIpc) is 3.24. The van der Waals surface area contributed by atoms with Crippen molar-refractivity contribution in [2.75, 3.05) is 5.32 Å². The summed E-state index contributed by atoms with van der Waals surface area (Å²) in [4.78, 5) is 36.5. The molecule has 1 N–H and O–H groups in total. The van der Waals surface area contributed by atoms with Crippen LogP contribution in [0.5, 0.6) is 0 Å².